The summed E-state index contributed by atoms with van der Waals surface area (Å²) in [6.45, 7) is 10.9. The zero-order valence-corrected chi connectivity index (χ0v) is 25.0. The molecule has 0 aliphatic carbocycles. The molecule has 0 unspecified atom stereocenters. The van der Waals surface area contributed by atoms with Crippen LogP contribution in [0, 0.1) is 0 Å². The summed E-state index contributed by atoms with van der Waals surface area (Å²) in [7, 11) is 0. The van der Waals surface area contributed by atoms with Crippen LogP contribution in [0.1, 0.15) is 57.7 Å². The predicted octanol–water partition coefficient (Wildman–Crippen LogP) is 6.62. The third-order valence-electron chi connectivity index (χ3n) is 6.30. The molecule has 0 aliphatic heterocycles. The lowest BCUT2D eigenvalue weighted by atomic mass is 9.99. The van der Waals surface area contributed by atoms with E-state index in [9.17, 15) is 9.59 Å². The van der Waals surface area contributed by atoms with Gasteiger partial charge >= 0.3 is 0 Å². The van der Waals surface area contributed by atoms with Crippen LogP contribution in [0.25, 0.3) is 0 Å². The molecule has 0 bridgehead atoms. The van der Waals surface area contributed by atoms with Gasteiger partial charge < -0.3 is 19.7 Å². The first kappa shape index (κ1) is 31.0. The smallest absolute Gasteiger partial charge is 0.243 e. The van der Waals surface area contributed by atoms with Gasteiger partial charge in [0.2, 0.25) is 11.8 Å². The van der Waals surface area contributed by atoms with Gasteiger partial charge in [-0.1, -0.05) is 66.2 Å². The quantitative estimate of drug-likeness (QED) is 0.253. The SMILES string of the molecule is CCOc1ccc(CCC(=O)N(Cc2ccccc2Cl)[C@@H](Cc2ccccc2)C(=O)NC(C)(C)C)cc1OCC. The lowest BCUT2D eigenvalue weighted by Gasteiger charge is -2.34. The van der Waals surface area contributed by atoms with Crippen LogP contribution >= 0.6 is 11.6 Å². The molecular weight excluding hydrogens is 524 g/mol. The van der Waals surface area contributed by atoms with Crippen molar-refractivity contribution in [1.82, 2.24) is 10.2 Å². The molecule has 0 fully saturated rings. The molecule has 0 saturated heterocycles. The molecule has 40 heavy (non-hydrogen) atoms. The van der Waals surface area contributed by atoms with E-state index in [1.165, 1.54) is 0 Å². The van der Waals surface area contributed by atoms with Gasteiger partial charge in [0.25, 0.3) is 0 Å². The van der Waals surface area contributed by atoms with Gasteiger partial charge in [-0.25, -0.2) is 0 Å². The number of amides is 2. The molecule has 1 atom stereocenters. The first-order valence-corrected chi connectivity index (χ1v) is 14.3. The van der Waals surface area contributed by atoms with Crippen molar-refractivity contribution >= 4 is 23.4 Å². The zero-order chi connectivity index (χ0) is 29.1. The molecule has 214 valence electrons. The number of benzene rings is 3. The Kier molecular flexibility index (Phi) is 11.4. The summed E-state index contributed by atoms with van der Waals surface area (Å²) in [4.78, 5) is 29.3. The number of ether oxygens (including phenoxy) is 2. The molecule has 3 aromatic carbocycles. The molecule has 0 spiro atoms. The second kappa shape index (κ2) is 14.8. The third kappa shape index (κ3) is 9.30. The number of rotatable bonds is 13. The van der Waals surface area contributed by atoms with Crippen molar-refractivity contribution in [2.24, 2.45) is 0 Å². The molecule has 7 heteroatoms. The number of halogens is 1. The fourth-order valence-corrected chi connectivity index (χ4v) is 4.66. The van der Waals surface area contributed by atoms with Crippen LogP contribution in [-0.4, -0.2) is 41.5 Å². The Morgan fingerprint density at radius 1 is 0.875 bits per heavy atom. The lowest BCUT2D eigenvalue weighted by molar-refractivity contribution is -0.141. The van der Waals surface area contributed by atoms with Crippen LogP contribution in [0.4, 0.5) is 0 Å². The van der Waals surface area contributed by atoms with E-state index < -0.39 is 11.6 Å². The minimum absolute atomic E-state index is 0.128. The maximum Gasteiger partial charge on any atom is 0.243 e. The molecular formula is C33H41ClN2O4. The normalized spacial score (nSPS) is 11.9. The van der Waals surface area contributed by atoms with Gasteiger partial charge in [0.15, 0.2) is 11.5 Å². The Hall–Kier alpha value is -3.51. The second-order valence-corrected chi connectivity index (χ2v) is 11.1. The average Bonchev–Trinajstić information content (AvgIpc) is 2.91. The second-order valence-electron chi connectivity index (χ2n) is 10.7. The van der Waals surface area contributed by atoms with E-state index >= 15 is 0 Å². The molecule has 0 aliphatic rings. The Morgan fingerprint density at radius 2 is 1.52 bits per heavy atom. The van der Waals surface area contributed by atoms with Crippen molar-refractivity contribution in [2.45, 2.75) is 72.0 Å². The van der Waals surface area contributed by atoms with Gasteiger partial charge in [-0.3, -0.25) is 9.59 Å². The Bertz CT molecular complexity index is 1260. The third-order valence-corrected chi connectivity index (χ3v) is 6.67. The lowest BCUT2D eigenvalue weighted by Crippen LogP contribution is -2.54. The van der Waals surface area contributed by atoms with Gasteiger partial charge in [0.1, 0.15) is 6.04 Å². The molecule has 2 amide bonds. The number of carbonyl (C=O) groups excluding carboxylic acids is 2. The number of aryl methyl sites for hydroxylation is 1. The van der Waals surface area contributed by atoms with Crippen molar-refractivity contribution in [3.8, 4) is 11.5 Å². The fraction of sp³-hybridized carbons (Fsp3) is 0.394. The van der Waals surface area contributed by atoms with Crippen LogP contribution in [0.3, 0.4) is 0 Å². The van der Waals surface area contributed by atoms with Crippen LogP contribution in [0.5, 0.6) is 11.5 Å². The largest absolute Gasteiger partial charge is 0.490 e. The highest BCUT2D eigenvalue weighted by atomic mass is 35.5. The van der Waals surface area contributed by atoms with Gasteiger partial charge in [-0.2, -0.15) is 0 Å². The van der Waals surface area contributed by atoms with Crippen LogP contribution in [0.15, 0.2) is 72.8 Å². The van der Waals surface area contributed by atoms with Crippen molar-refractivity contribution in [3.05, 3.63) is 94.5 Å². The van der Waals surface area contributed by atoms with Gasteiger partial charge in [0.05, 0.1) is 13.2 Å². The van der Waals surface area contributed by atoms with E-state index in [-0.39, 0.29) is 24.8 Å². The molecule has 0 radical (unpaired) electrons. The predicted molar refractivity (Wildman–Crippen MR) is 161 cm³/mol. The highest BCUT2D eigenvalue weighted by molar-refractivity contribution is 6.31. The molecule has 0 aromatic heterocycles. The summed E-state index contributed by atoms with van der Waals surface area (Å²) in [6.07, 6.45) is 1.10. The Morgan fingerprint density at radius 3 is 2.17 bits per heavy atom. The molecule has 3 rings (SSSR count). The summed E-state index contributed by atoms with van der Waals surface area (Å²) in [5, 5.41) is 3.65. The number of carbonyl (C=O) groups is 2. The topological polar surface area (TPSA) is 67.9 Å². The van der Waals surface area contributed by atoms with Crippen molar-refractivity contribution in [2.75, 3.05) is 13.2 Å². The maximum absolute atomic E-state index is 14.0. The number of hydrogen-bond acceptors (Lipinski definition) is 4. The highest BCUT2D eigenvalue weighted by Crippen LogP contribution is 2.29. The molecule has 0 saturated carbocycles. The summed E-state index contributed by atoms with van der Waals surface area (Å²) < 4.78 is 11.5. The molecule has 1 N–H and O–H groups in total. The van der Waals surface area contributed by atoms with E-state index in [0.717, 1.165) is 16.7 Å². The fourth-order valence-electron chi connectivity index (χ4n) is 4.46. The highest BCUT2D eigenvalue weighted by Gasteiger charge is 2.32. The molecule has 6 nitrogen and oxygen atoms in total. The monoisotopic (exact) mass is 564 g/mol. The Labute approximate surface area is 243 Å². The minimum atomic E-state index is -0.718. The van der Waals surface area contributed by atoms with E-state index in [2.05, 4.69) is 5.32 Å². The van der Waals surface area contributed by atoms with Crippen molar-refractivity contribution in [3.63, 3.8) is 0 Å². The number of nitrogens with one attached hydrogen (secondary N) is 1. The van der Waals surface area contributed by atoms with E-state index in [1.54, 1.807) is 11.0 Å². The van der Waals surface area contributed by atoms with E-state index in [4.69, 9.17) is 21.1 Å². The first-order valence-electron chi connectivity index (χ1n) is 13.9. The van der Waals surface area contributed by atoms with Gasteiger partial charge in [-0.05, 0) is 75.9 Å². The van der Waals surface area contributed by atoms with E-state index in [0.29, 0.717) is 42.6 Å². The maximum atomic E-state index is 14.0. The van der Waals surface area contributed by atoms with Gasteiger partial charge in [-0.15, -0.1) is 0 Å². The van der Waals surface area contributed by atoms with Crippen LogP contribution < -0.4 is 14.8 Å². The average molecular weight is 565 g/mol. The van der Waals surface area contributed by atoms with Crippen LogP contribution in [0.2, 0.25) is 5.02 Å². The van der Waals surface area contributed by atoms with Gasteiger partial charge in [0, 0.05) is 29.9 Å². The summed E-state index contributed by atoms with van der Waals surface area (Å²) in [5.41, 5.74) is 2.26. The number of nitrogens with zero attached hydrogens (tertiary/aromatic N) is 1. The van der Waals surface area contributed by atoms with Crippen molar-refractivity contribution < 1.29 is 19.1 Å². The van der Waals surface area contributed by atoms with Crippen LogP contribution in [-0.2, 0) is 29.0 Å². The summed E-state index contributed by atoms with van der Waals surface area (Å²) in [5.74, 6) is 1.02. The Balaban J connectivity index is 1.93. The first-order chi connectivity index (χ1) is 19.1. The minimum Gasteiger partial charge on any atom is -0.490 e. The summed E-state index contributed by atoms with van der Waals surface area (Å²) >= 11 is 6.52. The van der Waals surface area contributed by atoms with Crippen molar-refractivity contribution in [1.29, 1.82) is 0 Å². The zero-order valence-electron chi connectivity index (χ0n) is 24.2. The molecule has 0 heterocycles. The summed E-state index contributed by atoms with van der Waals surface area (Å²) in [6, 6.07) is 22.3. The number of hydrogen-bond donors (Lipinski definition) is 1. The molecule has 3 aromatic rings. The van der Waals surface area contributed by atoms with E-state index in [1.807, 2.05) is 101 Å². The standard InChI is InChI=1S/C33H41ClN2O4/c1-6-39-29-19-17-25(22-30(29)40-7-2)18-20-31(37)36(23-26-15-11-12-16-27(26)34)28(32(38)35-33(3,4)5)21-24-13-9-8-10-14-24/h8-17,19,22,28H,6-7,18,20-21,23H2,1-5H3,(H,35,38)/t28-/m0/s1.